The summed E-state index contributed by atoms with van der Waals surface area (Å²) in [4.78, 5) is 15.5. The number of hydrogen-bond donors (Lipinski definition) is 1. The van der Waals surface area contributed by atoms with E-state index < -0.39 is 17.6 Å². The Balaban J connectivity index is 1.99. The Hall–Kier alpha value is -2.02. The predicted octanol–water partition coefficient (Wildman–Crippen LogP) is 3.30. The summed E-state index contributed by atoms with van der Waals surface area (Å²) < 4.78 is 31.3. The fraction of sp³-hybridized carbons (Fsp3) is 0.286. The van der Waals surface area contributed by atoms with Gasteiger partial charge in [-0.25, -0.2) is 18.6 Å². The van der Waals surface area contributed by atoms with Crippen LogP contribution in [0.25, 0.3) is 0 Å². The standard InChI is InChI=1S/C14H13F2NO3S/c1-2-10-13(14(18)19)21-12(17-10)5-6-20-11-4-3-8(15)7-9(11)16/h3-4,7H,2,5-6H2,1H3,(H,18,19). The number of ether oxygens (including phenoxy) is 1. The molecule has 0 saturated carbocycles. The summed E-state index contributed by atoms with van der Waals surface area (Å²) in [6, 6.07) is 3.07. The summed E-state index contributed by atoms with van der Waals surface area (Å²) in [6.07, 6.45) is 0.896. The van der Waals surface area contributed by atoms with Gasteiger partial charge in [0.15, 0.2) is 11.6 Å². The SMILES string of the molecule is CCc1nc(CCOc2ccc(F)cc2F)sc1C(=O)O. The second-order valence-corrected chi connectivity index (χ2v) is 5.30. The van der Waals surface area contributed by atoms with E-state index in [4.69, 9.17) is 9.84 Å². The Bertz CT molecular complexity index is 658. The lowest BCUT2D eigenvalue weighted by atomic mass is 10.3. The highest BCUT2D eigenvalue weighted by Gasteiger charge is 2.16. The third-order valence-corrected chi connectivity index (χ3v) is 3.88. The van der Waals surface area contributed by atoms with Crippen molar-refractivity contribution in [2.75, 3.05) is 6.61 Å². The zero-order valence-electron chi connectivity index (χ0n) is 11.2. The van der Waals surface area contributed by atoms with E-state index in [1.54, 1.807) is 0 Å². The molecule has 21 heavy (non-hydrogen) atoms. The van der Waals surface area contributed by atoms with Gasteiger partial charge in [-0.2, -0.15) is 0 Å². The molecular weight excluding hydrogens is 300 g/mol. The molecule has 0 aliphatic rings. The molecule has 0 radical (unpaired) electrons. The molecule has 0 saturated heterocycles. The maximum absolute atomic E-state index is 13.3. The monoisotopic (exact) mass is 313 g/mol. The summed E-state index contributed by atoms with van der Waals surface area (Å²) in [5.41, 5.74) is 0.537. The van der Waals surface area contributed by atoms with Crippen LogP contribution in [0.2, 0.25) is 0 Å². The Morgan fingerprint density at radius 3 is 2.76 bits per heavy atom. The van der Waals surface area contributed by atoms with Crippen LogP contribution in [-0.4, -0.2) is 22.7 Å². The normalized spacial score (nSPS) is 10.6. The highest BCUT2D eigenvalue weighted by molar-refractivity contribution is 7.13. The molecule has 0 fully saturated rings. The number of rotatable bonds is 6. The quantitative estimate of drug-likeness (QED) is 0.889. The van der Waals surface area contributed by atoms with Crippen molar-refractivity contribution in [3.8, 4) is 5.75 Å². The summed E-state index contributed by atoms with van der Waals surface area (Å²) in [5.74, 6) is -2.48. The molecule has 0 amide bonds. The first-order chi connectivity index (χ1) is 10.0. The number of carbonyl (C=O) groups is 1. The number of aromatic nitrogens is 1. The first kappa shape index (κ1) is 15.4. The van der Waals surface area contributed by atoms with Gasteiger partial charge in [0.25, 0.3) is 0 Å². The molecule has 0 unspecified atom stereocenters. The molecule has 1 aromatic carbocycles. The number of thiazole rings is 1. The topological polar surface area (TPSA) is 59.4 Å². The lowest BCUT2D eigenvalue weighted by molar-refractivity contribution is 0.0701. The molecular formula is C14H13F2NO3S. The van der Waals surface area contributed by atoms with Crippen LogP contribution in [0.5, 0.6) is 5.75 Å². The predicted molar refractivity (Wildman–Crippen MR) is 74.0 cm³/mol. The van der Waals surface area contributed by atoms with Gasteiger partial charge in [-0.3, -0.25) is 0 Å². The maximum atomic E-state index is 13.3. The fourth-order valence-corrected chi connectivity index (χ4v) is 2.73. The number of aryl methyl sites for hydroxylation is 1. The van der Waals surface area contributed by atoms with Crippen molar-refractivity contribution >= 4 is 17.3 Å². The van der Waals surface area contributed by atoms with Crippen LogP contribution in [0.1, 0.15) is 27.3 Å². The van der Waals surface area contributed by atoms with Crippen LogP contribution < -0.4 is 4.74 Å². The van der Waals surface area contributed by atoms with E-state index in [1.165, 1.54) is 6.07 Å². The molecule has 0 bridgehead atoms. The largest absolute Gasteiger partial charge is 0.490 e. The highest BCUT2D eigenvalue weighted by atomic mass is 32.1. The van der Waals surface area contributed by atoms with Gasteiger partial charge in [-0.05, 0) is 18.6 Å². The first-order valence-electron chi connectivity index (χ1n) is 6.31. The van der Waals surface area contributed by atoms with Crippen LogP contribution in [0.4, 0.5) is 8.78 Å². The van der Waals surface area contributed by atoms with Gasteiger partial charge in [0.05, 0.1) is 17.3 Å². The Morgan fingerprint density at radius 1 is 1.43 bits per heavy atom. The molecule has 7 heteroatoms. The Kier molecular flexibility index (Phi) is 4.85. The number of benzene rings is 1. The van der Waals surface area contributed by atoms with E-state index >= 15 is 0 Å². The number of hydrogen-bond acceptors (Lipinski definition) is 4. The Labute approximate surface area is 124 Å². The van der Waals surface area contributed by atoms with Gasteiger partial charge < -0.3 is 9.84 Å². The van der Waals surface area contributed by atoms with E-state index in [9.17, 15) is 13.6 Å². The summed E-state index contributed by atoms with van der Waals surface area (Å²) in [6.45, 7) is 1.97. The van der Waals surface area contributed by atoms with Gasteiger partial charge in [-0.1, -0.05) is 6.92 Å². The van der Waals surface area contributed by atoms with Gasteiger partial charge >= 0.3 is 5.97 Å². The second kappa shape index (κ2) is 6.62. The number of carboxylic acid groups (broad SMARTS) is 1. The number of halogens is 2. The van der Waals surface area contributed by atoms with Gasteiger partial charge in [0.2, 0.25) is 0 Å². The zero-order valence-corrected chi connectivity index (χ0v) is 12.0. The summed E-state index contributed by atoms with van der Waals surface area (Å²) in [7, 11) is 0. The van der Waals surface area contributed by atoms with E-state index in [0.717, 1.165) is 23.5 Å². The number of carboxylic acids is 1. The van der Waals surface area contributed by atoms with Crippen molar-refractivity contribution in [1.29, 1.82) is 0 Å². The molecule has 0 atom stereocenters. The van der Waals surface area contributed by atoms with Crippen LogP contribution in [0.3, 0.4) is 0 Å². The number of nitrogens with zero attached hydrogens (tertiary/aromatic N) is 1. The molecule has 0 spiro atoms. The fourth-order valence-electron chi connectivity index (χ4n) is 1.76. The Morgan fingerprint density at radius 2 is 2.19 bits per heavy atom. The van der Waals surface area contributed by atoms with Gasteiger partial charge in [0.1, 0.15) is 10.7 Å². The number of aromatic carboxylic acids is 1. The molecule has 112 valence electrons. The molecule has 2 rings (SSSR count). The lowest BCUT2D eigenvalue weighted by Crippen LogP contribution is -2.03. The molecule has 2 aromatic rings. The molecule has 1 heterocycles. The molecule has 1 N–H and O–H groups in total. The van der Waals surface area contributed by atoms with Crippen molar-refractivity contribution < 1.29 is 23.4 Å². The molecule has 0 aliphatic heterocycles. The summed E-state index contributed by atoms with van der Waals surface area (Å²) >= 11 is 1.09. The van der Waals surface area contributed by atoms with E-state index in [-0.39, 0.29) is 17.2 Å². The van der Waals surface area contributed by atoms with Gasteiger partial charge in [-0.15, -0.1) is 11.3 Å². The zero-order chi connectivity index (χ0) is 15.4. The van der Waals surface area contributed by atoms with Crippen molar-refractivity contribution in [3.63, 3.8) is 0 Å². The smallest absolute Gasteiger partial charge is 0.347 e. The second-order valence-electron chi connectivity index (χ2n) is 4.22. The average molecular weight is 313 g/mol. The van der Waals surface area contributed by atoms with Crippen LogP contribution in [0, 0.1) is 11.6 Å². The van der Waals surface area contributed by atoms with Crippen molar-refractivity contribution in [3.05, 3.63) is 45.4 Å². The van der Waals surface area contributed by atoms with Crippen LogP contribution in [-0.2, 0) is 12.8 Å². The minimum atomic E-state index is -0.999. The van der Waals surface area contributed by atoms with E-state index in [1.807, 2.05) is 6.92 Å². The third-order valence-electron chi connectivity index (χ3n) is 2.74. The lowest BCUT2D eigenvalue weighted by Gasteiger charge is -2.05. The van der Waals surface area contributed by atoms with Crippen molar-refractivity contribution in [2.24, 2.45) is 0 Å². The van der Waals surface area contributed by atoms with Crippen LogP contribution in [0.15, 0.2) is 18.2 Å². The maximum Gasteiger partial charge on any atom is 0.347 e. The third kappa shape index (κ3) is 3.75. The molecule has 4 nitrogen and oxygen atoms in total. The van der Waals surface area contributed by atoms with Crippen LogP contribution >= 0.6 is 11.3 Å². The molecule has 1 aromatic heterocycles. The van der Waals surface area contributed by atoms with E-state index in [2.05, 4.69) is 4.98 Å². The minimum Gasteiger partial charge on any atom is -0.490 e. The van der Waals surface area contributed by atoms with Crippen molar-refractivity contribution in [2.45, 2.75) is 19.8 Å². The van der Waals surface area contributed by atoms with Crippen molar-refractivity contribution in [1.82, 2.24) is 4.98 Å². The molecule has 0 aliphatic carbocycles. The van der Waals surface area contributed by atoms with E-state index in [0.29, 0.717) is 23.5 Å². The summed E-state index contributed by atoms with van der Waals surface area (Å²) in [5, 5.41) is 9.65. The minimum absolute atomic E-state index is 0.0397. The van der Waals surface area contributed by atoms with Gasteiger partial charge in [0, 0.05) is 12.5 Å². The first-order valence-corrected chi connectivity index (χ1v) is 7.12. The average Bonchev–Trinajstić information content (AvgIpc) is 2.85. The highest BCUT2D eigenvalue weighted by Crippen LogP contribution is 2.21.